The summed E-state index contributed by atoms with van der Waals surface area (Å²) in [5.41, 5.74) is 2.23. The second-order valence-electron chi connectivity index (χ2n) is 6.15. The first-order valence-corrected chi connectivity index (χ1v) is 7.97. The number of aromatic nitrogens is 3. The Morgan fingerprint density at radius 2 is 1.88 bits per heavy atom. The second kappa shape index (κ2) is 6.26. The smallest absolute Gasteiger partial charge is 0.406 e. The number of aliphatic hydroxyl groups excluding tert-OH is 1. The van der Waals surface area contributed by atoms with Gasteiger partial charge in [0.1, 0.15) is 5.75 Å². The molecular weight excluding hydrogens is 349 g/mol. The third-order valence-corrected chi connectivity index (χ3v) is 4.21. The number of alkyl halides is 3. The second-order valence-corrected chi connectivity index (χ2v) is 6.15. The molecule has 1 fully saturated rings. The fourth-order valence-corrected chi connectivity index (χ4v) is 3.01. The summed E-state index contributed by atoms with van der Waals surface area (Å²) in [6, 6.07) is 7.36. The van der Waals surface area contributed by atoms with E-state index < -0.39 is 6.36 Å². The van der Waals surface area contributed by atoms with Crippen molar-refractivity contribution in [3.8, 4) is 11.4 Å². The molecule has 0 aliphatic carbocycles. The molecule has 26 heavy (non-hydrogen) atoms. The van der Waals surface area contributed by atoms with E-state index in [0.717, 1.165) is 10.9 Å². The molecule has 0 radical (unpaired) electrons. The Kier molecular flexibility index (Phi) is 4.04. The predicted molar refractivity (Wildman–Crippen MR) is 86.8 cm³/mol. The largest absolute Gasteiger partial charge is 0.573 e. The lowest BCUT2D eigenvalue weighted by atomic mass is 10.1. The van der Waals surface area contributed by atoms with Crippen LogP contribution in [0.5, 0.6) is 5.75 Å². The minimum Gasteiger partial charge on any atom is -0.406 e. The number of ether oxygens (including phenoxy) is 1. The molecule has 0 unspecified atom stereocenters. The highest BCUT2D eigenvalue weighted by Crippen LogP contribution is 2.26. The van der Waals surface area contributed by atoms with E-state index in [9.17, 15) is 18.3 Å². The number of rotatable bonds is 4. The van der Waals surface area contributed by atoms with Crippen molar-refractivity contribution in [1.29, 1.82) is 0 Å². The molecule has 1 aliphatic rings. The van der Waals surface area contributed by atoms with Gasteiger partial charge in [0.25, 0.3) is 0 Å². The van der Waals surface area contributed by atoms with E-state index in [4.69, 9.17) is 0 Å². The molecule has 4 rings (SSSR count). The molecule has 6 nitrogen and oxygen atoms in total. The molecule has 1 N–H and O–H groups in total. The summed E-state index contributed by atoms with van der Waals surface area (Å²) >= 11 is 0. The highest BCUT2D eigenvalue weighted by atomic mass is 19.4. The van der Waals surface area contributed by atoms with Gasteiger partial charge in [-0.3, -0.25) is 4.90 Å². The minimum atomic E-state index is -4.72. The fourth-order valence-electron chi connectivity index (χ4n) is 3.01. The van der Waals surface area contributed by atoms with Crippen molar-refractivity contribution < 1.29 is 23.0 Å². The van der Waals surface area contributed by atoms with Crippen LogP contribution >= 0.6 is 0 Å². The molecular formula is C17H15F3N4O2. The third kappa shape index (κ3) is 3.35. The van der Waals surface area contributed by atoms with Crippen molar-refractivity contribution in [2.75, 3.05) is 13.1 Å². The molecule has 3 heterocycles. The Bertz CT molecular complexity index is 918. The Morgan fingerprint density at radius 3 is 2.54 bits per heavy atom. The molecule has 136 valence electrons. The van der Waals surface area contributed by atoms with Crippen LogP contribution in [0.2, 0.25) is 0 Å². The van der Waals surface area contributed by atoms with Gasteiger partial charge in [0, 0.05) is 31.2 Å². The van der Waals surface area contributed by atoms with E-state index in [1.54, 1.807) is 17.1 Å². The first-order valence-electron chi connectivity index (χ1n) is 7.97. The Morgan fingerprint density at radius 1 is 1.15 bits per heavy atom. The summed E-state index contributed by atoms with van der Waals surface area (Å²) in [6.07, 6.45) is -1.63. The summed E-state index contributed by atoms with van der Waals surface area (Å²) in [5.74, 6) is -0.289. The number of benzene rings is 1. The summed E-state index contributed by atoms with van der Waals surface area (Å²) in [4.78, 5) is 6.46. The molecule has 0 bridgehead atoms. The molecule has 3 aromatic rings. The van der Waals surface area contributed by atoms with Crippen LogP contribution in [-0.4, -0.2) is 50.3 Å². The SMILES string of the molecule is OC1CN(Cc2ccnc3c2cnn3-c2ccc(OC(F)(F)F)cc2)C1. The van der Waals surface area contributed by atoms with Crippen LogP contribution in [0.4, 0.5) is 13.2 Å². The zero-order chi connectivity index (χ0) is 18.3. The fraction of sp³-hybridized carbons (Fsp3) is 0.294. The molecule has 0 spiro atoms. The van der Waals surface area contributed by atoms with Gasteiger partial charge in [0.05, 0.1) is 18.0 Å². The van der Waals surface area contributed by atoms with E-state index in [-0.39, 0.29) is 11.9 Å². The van der Waals surface area contributed by atoms with Crippen LogP contribution in [0.15, 0.2) is 42.7 Å². The highest BCUT2D eigenvalue weighted by Gasteiger charge is 2.31. The maximum atomic E-state index is 12.3. The van der Waals surface area contributed by atoms with Crippen LogP contribution in [0.1, 0.15) is 5.56 Å². The van der Waals surface area contributed by atoms with Crippen LogP contribution in [-0.2, 0) is 6.54 Å². The van der Waals surface area contributed by atoms with Crippen molar-refractivity contribution in [3.05, 3.63) is 48.3 Å². The van der Waals surface area contributed by atoms with Crippen LogP contribution in [0, 0.1) is 0 Å². The average Bonchev–Trinajstić information content (AvgIpc) is 2.98. The van der Waals surface area contributed by atoms with E-state index in [2.05, 4.69) is 19.7 Å². The van der Waals surface area contributed by atoms with Gasteiger partial charge in [0.15, 0.2) is 5.65 Å². The van der Waals surface area contributed by atoms with Gasteiger partial charge >= 0.3 is 6.36 Å². The van der Waals surface area contributed by atoms with Gasteiger partial charge in [-0.1, -0.05) is 0 Å². The third-order valence-electron chi connectivity index (χ3n) is 4.21. The van der Waals surface area contributed by atoms with E-state index in [1.165, 1.54) is 24.3 Å². The van der Waals surface area contributed by atoms with Crippen molar-refractivity contribution in [3.63, 3.8) is 0 Å². The number of pyridine rings is 1. The standard InChI is InChI=1S/C17H15F3N4O2/c18-17(19,20)26-14-3-1-12(2-4-14)24-16-15(7-22-24)11(5-6-21-16)8-23-9-13(25)10-23/h1-7,13,25H,8-10H2. The zero-order valence-corrected chi connectivity index (χ0v) is 13.5. The number of halogens is 3. The number of fused-ring (bicyclic) bond motifs is 1. The van der Waals surface area contributed by atoms with Crippen LogP contribution < -0.4 is 4.74 Å². The highest BCUT2D eigenvalue weighted by molar-refractivity contribution is 5.80. The summed E-state index contributed by atoms with van der Waals surface area (Å²) in [5, 5.41) is 14.6. The first-order chi connectivity index (χ1) is 12.4. The quantitative estimate of drug-likeness (QED) is 0.771. The molecule has 9 heteroatoms. The zero-order valence-electron chi connectivity index (χ0n) is 13.5. The van der Waals surface area contributed by atoms with E-state index in [1.807, 2.05) is 6.07 Å². The van der Waals surface area contributed by atoms with Crippen LogP contribution in [0.3, 0.4) is 0 Å². The maximum absolute atomic E-state index is 12.3. The van der Waals surface area contributed by atoms with Gasteiger partial charge in [-0.25, -0.2) is 9.67 Å². The minimum absolute atomic E-state index is 0.271. The summed E-state index contributed by atoms with van der Waals surface area (Å²) in [7, 11) is 0. The van der Waals surface area contributed by atoms with E-state index >= 15 is 0 Å². The average molecular weight is 364 g/mol. The molecule has 1 aromatic carbocycles. The normalized spacial score (nSPS) is 16.0. The van der Waals surface area contributed by atoms with Gasteiger partial charge in [-0.2, -0.15) is 5.10 Å². The number of nitrogens with zero attached hydrogens (tertiary/aromatic N) is 4. The lowest BCUT2D eigenvalue weighted by Crippen LogP contribution is -2.49. The van der Waals surface area contributed by atoms with Gasteiger partial charge in [-0.05, 0) is 35.9 Å². The molecule has 1 saturated heterocycles. The lowest BCUT2D eigenvalue weighted by molar-refractivity contribution is -0.274. The summed E-state index contributed by atoms with van der Waals surface area (Å²) in [6.45, 7) is 1.96. The maximum Gasteiger partial charge on any atom is 0.573 e. The Labute approximate surface area is 146 Å². The number of aliphatic hydroxyl groups is 1. The van der Waals surface area contributed by atoms with Crippen molar-refractivity contribution >= 4 is 11.0 Å². The first kappa shape index (κ1) is 16.8. The van der Waals surface area contributed by atoms with Crippen molar-refractivity contribution in [1.82, 2.24) is 19.7 Å². The monoisotopic (exact) mass is 364 g/mol. The Balaban J connectivity index is 1.61. The van der Waals surface area contributed by atoms with Crippen molar-refractivity contribution in [2.24, 2.45) is 0 Å². The molecule has 0 amide bonds. The van der Waals surface area contributed by atoms with Gasteiger partial charge in [0.2, 0.25) is 0 Å². The number of β-amino-alcohol motifs (C(OH)–C–C–N with tert-alkyl or cyclic N) is 1. The van der Waals surface area contributed by atoms with Crippen LogP contribution in [0.25, 0.3) is 16.7 Å². The van der Waals surface area contributed by atoms with Gasteiger partial charge < -0.3 is 9.84 Å². The van der Waals surface area contributed by atoms with Gasteiger partial charge in [-0.15, -0.1) is 13.2 Å². The van der Waals surface area contributed by atoms with Crippen molar-refractivity contribution in [2.45, 2.75) is 19.0 Å². The number of hydrogen-bond acceptors (Lipinski definition) is 5. The number of hydrogen-bond donors (Lipinski definition) is 1. The topological polar surface area (TPSA) is 63.4 Å². The molecule has 0 atom stereocenters. The summed E-state index contributed by atoms with van der Waals surface area (Å²) < 4.78 is 42.2. The Hall–Kier alpha value is -2.65. The molecule has 1 aliphatic heterocycles. The predicted octanol–water partition coefficient (Wildman–Crippen LogP) is 2.50. The van der Waals surface area contributed by atoms with E-state index in [0.29, 0.717) is 31.0 Å². The lowest BCUT2D eigenvalue weighted by Gasteiger charge is -2.35. The number of likely N-dealkylation sites (tertiary alicyclic amines) is 1. The molecule has 2 aromatic heterocycles. The molecule has 0 saturated carbocycles.